The Balaban J connectivity index is 1.42. The van der Waals surface area contributed by atoms with E-state index in [2.05, 4.69) is 10.3 Å². The first-order valence-corrected chi connectivity index (χ1v) is 8.08. The van der Waals surface area contributed by atoms with Crippen LogP contribution >= 0.6 is 0 Å². The summed E-state index contributed by atoms with van der Waals surface area (Å²) in [5.41, 5.74) is 2.02. The summed E-state index contributed by atoms with van der Waals surface area (Å²) in [7, 11) is 1.56. The molecule has 3 aromatic rings. The highest BCUT2D eigenvalue weighted by Gasteiger charge is 2.11. The van der Waals surface area contributed by atoms with Crippen LogP contribution in [0.1, 0.15) is 12.3 Å². The highest BCUT2D eigenvalue weighted by atomic mass is 16.5. The molecule has 7 nitrogen and oxygen atoms in total. The number of carbonyl (C=O) groups is 2. The number of fused-ring (bicyclic) bond motifs is 1. The summed E-state index contributed by atoms with van der Waals surface area (Å²) in [6, 6.07) is 14.2. The molecule has 0 spiro atoms. The Morgan fingerprint density at radius 1 is 1.12 bits per heavy atom. The smallest absolute Gasteiger partial charge is 0.306 e. The quantitative estimate of drug-likeness (QED) is 0.656. The number of anilines is 1. The summed E-state index contributed by atoms with van der Waals surface area (Å²) in [5, 5.41) is 2.64. The lowest BCUT2D eigenvalue weighted by Gasteiger charge is -2.07. The third-order valence-corrected chi connectivity index (χ3v) is 3.62. The van der Waals surface area contributed by atoms with Crippen molar-refractivity contribution in [2.45, 2.75) is 12.8 Å². The van der Waals surface area contributed by atoms with E-state index in [4.69, 9.17) is 13.9 Å². The summed E-state index contributed by atoms with van der Waals surface area (Å²) in [4.78, 5) is 27.9. The zero-order valence-electron chi connectivity index (χ0n) is 14.2. The van der Waals surface area contributed by atoms with Crippen molar-refractivity contribution in [3.05, 3.63) is 54.4 Å². The molecule has 0 aliphatic heterocycles. The number of esters is 1. The summed E-state index contributed by atoms with van der Waals surface area (Å²) >= 11 is 0. The molecule has 7 heteroatoms. The standard InChI is InChI=1S/C19H18N2O5/c1-24-14-8-6-13(7-9-14)20-17(22)12-25-19(23)11-10-18-21-15-4-2-3-5-16(15)26-18/h2-9H,10-12H2,1H3,(H,20,22). The molecule has 1 aromatic heterocycles. The van der Waals surface area contributed by atoms with Crippen LogP contribution in [0.4, 0.5) is 5.69 Å². The Morgan fingerprint density at radius 2 is 1.88 bits per heavy atom. The van der Waals surface area contributed by atoms with E-state index in [0.717, 1.165) is 5.52 Å². The number of ether oxygens (including phenoxy) is 2. The Hall–Kier alpha value is -3.35. The van der Waals surface area contributed by atoms with Gasteiger partial charge in [0.1, 0.15) is 11.3 Å². The minimum Gasteiger partial charge on any atom is -0.497 e. The SMILES string of the molecule is COc1ccc(NC(=O)COC(=O)CCc2nc3ccccc3o2)cc1. The van der Waals surface area contributed by atoms with Crippen LogP contribution in [0.5, 0.6) is 5.75 Å². The molecule has 0 radical (unpaired) electrons. The van der Waals surface area contributed by atoms with E-state index in [1.165, 1.54) is 0 Å². The van der Waals surface area contributed by atoms with E-state index < -0.39 is 11.9 Å². The third-order valence-electron chi connectivity index (χ3n) is 3.62. The van der Waals surface area contributed by atoms with Gasteiger partial charge in [-0.3, -0.25) is 9.59 Å². The number of methoxy groups -OCH3 is 1. The average molecular weight is 354 g/mol. The molecular weight excluding hydrogens is 336 g/mol. The van der Waals surface area contributed by atoms with Gasteiger partial charge in [-0.1, -0.05) is 12.1 Å². The third kappa shape index (κ3) is 4.60. The van der Waals surface area contributed by atoms with Gasteiger partial charge in [-0.05, 0) is 36.4 Å². The first kappa shape index (κ1) is 17.5. The Bertz CT molecular complexity index is 869. The van der Waals surface area contributed by atoms with Crippen molar-refractivity contribution in [1.82, 2.24) is 4.98 Å². The molecule has 0 saturated heterocycles. The van der Waals surface area contributed by atoms with Crippen LogP contribution in [0.3, 0.4) is 0 Å². The molecule has 0 bridgehead atoms. The fourth-order valence-electron chi connectivity index (χ4n) is 2.33. The Labute approximate surface area is 149 Å². The molecule has 3 rings (SSSR count). The normalized spacial score (nSPS) is 10.5. The van der Waals surface area contributed by atoms with Crippen LogP contribution in [0.25, 0.3) is 11.1 Å². The molecule has 2 aromatic carbocycles. The van der Waals surface area contributed by atoms with Gasteiger partial charge in [0.05, 0.1) is 13.5 Å². The van der Waals surface area contributed by atoms with Crippen molar-refractivity contribution < 1.29 is 23.5 Å². The lowest BCUT2D eigenvalue weighted by Crippen LogP contribution is -2.21. The second-order valence-corrected chi connectivity index (χ2v) is 5.51. The molecule has 0 atom stereocenters. The fraction of sp³-hybridized carbons (Fsp3) is 0.211. The Kier molecular flexibility index (Phi) is 5.48. The highest BCUT2D eigenvalue weighted by molar-refractivity contribution is 5.92. The number of aromatic nitrogens is 1. The van der Waals surface area contributed by atoms with E-state index in [1.807, 2.05) is 24.3 Å². The zero-order valence-corrected chi connectivity index (χ0v) is 14.2. The van der Waals surface area contributed by atoms with Gasteiger partial charge in [0, 0.05) is 12.1 Å². The van der Waals surface area contributed by atoms with Gasteiger partial charge in [0.25, 0.3) is 5.91 Å². The molecule has 1 N–H and O–H groups in total. The number of aryl methyl sites for hydroxylation is 1. The van der Waals surface area contributed by atoms with E-state index in [9.17, 15) is 9.59 Å². The zero-order chi connectivity index (χ0) is 18.4. The Morgan fingerprint density at radius 3 is 2.62 bits per heavy atom. The molecule has 0 fully saturated rings. The van der Waals surface area contributed by atoms with Gasteiger partial charge < -0.3 is 19.2 Å². The van der Waals surface area contributed by atoms with E-state index >= 15 is 0 Å². The van der Waals surface area contributed by atoms with Crippen LogP contribution in [-0.2, 0) is 20.7 Å². The lowest BCUT2D eigenvalue weighted by molar-refractivity contribution is -0.147. The number of amides is 1. The van der Waals surface area contributed by atoms with Crippen molar-refractivity contribution in [3.8, 4) is 5.75 Å². The molecule has 0 saturated carbocycles. The summed E-state index contributed by atoms with van der Waals surface area (Å²) in [6.07, 6.45) is 0.399. The maximum atomic E-state index is 11.8. The monoisotopic (exact) mass is 354 g/mol. The number of carbonyl (C=O) groups excluding carboxylic acids is 2. The molecule has 0 unspecified atom stereocenters. The maximum absolute atomic E-state index is 11.8. The first-order valence-electron chi connectivity index (χ1n) is 8.08. The van der Waals surface area contributed by atoms with Crippen LogP contribution in [0.2, 0.25) is 0 Å². The van der Waals surface area contributed by atoms with Crippen molar-refractivity contribution in [1.29, 1.82) is 0 Å². The van der Waals surface area contributed by atoms with E-state index in [0.29, 0.717) is 29.3 Å². The number of oxazole rings is 1. The molecular formula is C19H18N2O5. The topological polar surface area (TPSA) is 90.7 Å². The van der Waals surface area contributed by atoms with Crippen molar-refractivity contribution >= 4 is 28.7 Å². The number of benzene rings is 2. The summed E-state index contributed by atoms with van der Waals surface area (Å²) in [5.74, 6) is 0.252. The first-order chi connectivity index (χ1) is 12.6. The lowest BCUT2D eigenvalue weighted by atomic mass is 10.3. The van der Waals surface area contributed by atoms with Gasteiger partial charge in [0.2, 0.25) is 0 Å². The van der Waals surface area contributed by atoms with Crippen LogP contribution in [0.15, 0.2) is 52.9 Å². The van der Waals surface area contributed by atoms with Crippen molar-refractivity contribution in [2.24, 2.45) is 0 Å². The fourth-order valence-corrected chi connectivity index (χ4v) is 2.33. The van der Waals surface area contributed by atoms with Crippen LogP contribution in [0, 0.1) is 0 Å². The minimum absolute atomic E-state index is 0.0860. The molecule has 26 heavy (non-hydrogen) atoms. The predicted octanol–water partition coefficient (Wildman–Crippen LogP) is 2.95. The van der Waals surface area contributed by atoms with E-state index in [1.54, 1.807) is 31.4 Å². The second-order valence-electron chi connectivity index (χ2n) is 5.51. The average Bonchev–Trinajstić information content (AvgIpc) is 3.08. The highest BCUT2D eigenvalue weighted by Crippen LogP contribution is 2.16. The number of nitrogens with one attached hydrogen (secondary N) is 1. The van der Waals surface area contributed by atoms with Gasteiger partial charge in [-0.2, -0.15) is 0 Å². The number of hydrogen-bond acceptors (Lipinski definition) is 6. The number of nitrogens with zero attached hydrogens (tertiary/aromatic N) is 1. The molecule has 134 valence electrons. The molecule has 1 amide bonds. The van der Waals surface area contributed by atoms with E-state index in [-0.39, 0.29) is 13.0 Å². The number of hydrogen-bond donors (Lipinski definition) is 1. The van der Waals surface area contributed by atoms with Crippen molar-refractivity contribution in [2.75, 3.05) is 19.0 Å². The van der Waals surface area contributed by atoms with Gasteiger partial charge in [0.15, 0.2) is 18.1 Å². The maximum Gasteiger partial charge on any atom is 0.306 e. The van der Waals surface area contributed by atoms with Crippen molar-refractivity contribution in [3.63, 3.8) is 0 Å². The van der Waals surface area contributed by atoms with Crippen LogP contribution < -0.4 is 10.1 Å². The summed E-state index contributed by atoms with van der Waals surface area (Å²) < 4.78 is 15.5. The number of rotatable bonds is 7. The number of para-hydroxylation sites is 2. The molecule has 0 aliphatic rings. The van der Waals surface area contributed by atoms with Gasteiger partial charge in [-0.25, -0.2) is 4.98 Å². The molecule has 1 heterocycles. The summed E-state index contributed by atoms with van der Waals surface area (Å²) in [6.45, 7) is -0.349. The second kappa shape index (κ2) is 8.15. The van der Waals surface area contributed by atoms with Gasteiger partial charge >= 0.3 is 5.97 Å². The molecule has 0 aliphatic carbocycles. The van der Waals surface area contributed by atoms with Gasteiger partial charge in [-0.15, -0.1) is 0 Å². The van der Waals surface area contributed by atoms with Crippen LogP contribution in [-0.4, -0.2) is 30.6 Å². The minimum atomic E-state index is -0.489. The largest absolute Gasteiger partial charge is 0.497 e. The predicted molar refractivity (Wildman–Crippen MR) is 94.9 cm³/mol.